The molecule has 3 aromatic heterocycles. The standard InChI is InChI=1S/C28H27Cl2N7O2/c1-16(24-21(29)11-32-12-22(24)30)39-19-3-4-23-20(8-19)25(36-35-23)18-7-17(9-31)26(33-10-18)37-14-27(2,15-37)34-13-28(38)5-6-28/h3-4,7-8,10-12,16,34,38H,5-6,13-15H2,1-2H3,(H,35,36)/t16-/m1/s1. The van der Waals surface area contributed by atoms with E-state index in [2.05, 4.69) is 43.4 Å². The summed E-state index contributed by atoms with van der Waals surface area (Å²) >= 11 is 12.6. The van der Waals surface area contributed by atoms with Gasteiger partial charge in [-0.25, -0.2) is 4.98 Å². The van der Waals surface area contributed by atoms with Gasteiger partial charge in [-0.05, 0) is 51.0 Å². The van der Waals surface area contributed by atoms with Crippen LogP contribution in [-0.4, -0.2) is 56.0 Å². The molecule has 6 rings (SSSR count). The fraction of sp³-hybridized carbons (Fsp3) is 0.357. The van der Waals surface area contributed by atoms with Crippen molar-refractivity contribution in [2.75, 3.05) is 24.5 Å². The first kappa shape index (κ1) is 25.8. The summed E-state index contributed by atoms with van der Waals surface area (Å²) in [5, 5.41) is 32.8. The molecule has 0 spiro atoms. The lowest BCUT2D eigenvalue weighted by molar-refractivity contribution is 0.127. The summed E-state index contributed by atoms with van der Waals surface area (Å²) < 4.78 is 6.18. The molecule has 1 aliphatic heterocycles. The number of aromatic nitrogens is 4. The molecule has 0 unspecified atom stereocenters. The molecule has 4 aromatic rings. The smallest absolute Gasteiger partial charge is 0.146 e. The minimum absolute atomic E-state index is 0.123. The van der Waals surface area contributed by atoms with Gasteiger partial charge in [0.25, 0.3) is 0 Å². The SMILES string of the molecule is C[C@@H](Oc1ccc2[nH]nc(-c3cnc(N4CC(C)(NCC5(O)CC5)C4)c(C#N)c3)c2c1)c1c(Cl)cncc1Cl. The van der Waals surface area contributed by atoms with Crippen molar-refractivity contribution < 1.29 is 9.84 Å². The van der Waals surface area contributed by atoms with E-state index >= 15 is 0 Å². The van der Waals surface area contributed by atoms with Crippen LogP contribution in [0.4, 0.5) is 5.82 Å². The summed E-state index contributed by atoms with van der Waals surface area (Å²) in [5.41, 5.74) is 2.71. The number of pyridine rings is 2. The molecule has 0 bridgehead atoms. The molecule has 0 radical (unpaired) electrons. The molecule has 200 valence electrons. The zero-order valence-electron chi connectivity index (χ0n) is 21.5. The normalized spacial score (nSPS) is 17.9. The minimum Gasteiger partial charge on any atom is -0.486 e. The van der Waals surface area contributed by atoms with E-state index in [9.17, 15) is 10.4 Å². The molecule has 4 heterocycles. The Hall–Kier alpha value is -3.42. The third kappa shape index (κ3) is 5.01. The number of halogens is 2. The number of rotatable bonds is 8. The predicted octanol–water partition coefficient (Wildman–Crippen LogP) is 5.03. The molecule has 3 N–H and O–H groups in total. The van der Waals surface area contributed by atoms with E-state index in [4.69, 9.17) is 27.9 Å². The average molecular weight is 564 g/mol. The number of β-amino-alcohol motifs (C(OH)–C–C–N with tert-alkyl or cyclic N) is 1. The summed E-state index contributed by atoms with van der Waals surface area (Å²) in [6, 6.07) is 9.76. The van der Waals surface area contributed by atoms with Crippen molar-refractivity contribution in [1.29, 1.82) is 5.26 Å². The summed E-state index contributed by atoms with van der Waals surface area (Å²) in [6.07, 6.45) is 6.12. The van der Waals surface area contributed by atoms with Crippen LogP contribution in [-0.2, 0) is 0 Å². The molecular formula is C28H27Cl2N7O2. The van der Waals surface area contributed by atoms with Crippen molar-refractivity contribution in [3.05, 3.63) is 64.0 Å². The summed E-state index contributed by atoms with van der Waals surface area (Å²) in [5.74, 6) is 1.27. The van der Waals surface area contributed by atoms with Crippen LogP contribution in [0.3, 0.4) is 0 Å². The number of nitriles is 1. The zero-order chi connectivity index (χ0) is 27.4. The molecular weight excluding hydrogens is 537 g/mol. The number of ether oxygens (including phenoxy) is 1. The first-order chi connectivity index (χ1) is 18.7. The van der Waals surface area contributed by atoms with Crippen LogP contribution >= 0.6 is 23.2 Å². The van der Waals surface area contributed by atoms with Gasteiger partial charge in [-0.3, -0.25) is 10.1 Å². The minimum atomic E-state index is -0.546. The van der Waals surface area contributed by atoms with Gasteiger partial charge in [0.15, 0.2) is 0 Å². The maximum absolute atomic E-state index is 10.1. The van der Waals surface area contributed by atoms with Gasteiger partial charge in [0.2, 0.25) is 0 Å². The van der Waals surface area contributed by atoms with E-state index in [1.54, 1.807) is 18.6 Å². The highest BCUT2D eigenvalue weighted by Crippen LogP contribution is 2.38. The van der Waals surface area contributed by atoms with Gasteiger partial charge >= 0.3 is 0 Å². The zero-order valence-corrected chi connectivity index (χ0v) is 23.0. The van der Waals surface area contributed by atoms with Gasteiger partial charge in [-0.2, -0.15) is 10.4 Å². The number of hydrogen-bond donors (Lipinski definition) is 3. The number of hydrogen-bond acceptors (Lipinski definition) is 8. The van der Waals surface area contributed by atoms with E-state index in [0.29, 0.717) is 58.1 Å². The van der Waals surface area contributed by atoms with Crippen molar-refractivity contribution in [2.45, 2.75) is 43.9 Å². The van der Waals surface area contributed by atoms with Gasteiger partial charge in [-0.1, -0.05) is 23.2 Å². The molecule has 1 atom stereocenters. The Bertz CT molecular complexity index is 1590. The van der Waals surface area contributed by atoms with Gasteiger partial charge in [0, 0.05) is 54.7 Å². The molecule has 0 amide bonds. The average Bonchev–Trinajstić information content (AvgIpc) is 3.49. The Balaban J connectivity index is 1.22. The van der Waals surface area contributed by atoms with Crippen LogP contribution < -0.4 is 15.0 Å². The highest BCUT2D eigenvalue weighted by molar-refractivity contribution is 6.35. The van der Waals surface area contributed by atoms with Crippen molar-refractivity contribution in [1.82, 2.24) is 25.5 Å². The van der Waals surface area contributed by atoms with Crippen LogP contribution in [0.15, 0.2) is 42.9 Å². The molecule has 1 saturated carbocycles. The quantitative estimate of drug-likeness (QED) is 0.272. The fourth-order valence-corrected chi connectivity index (χ4v) is 5.71. The lowest BCUT2D eigenvalue weighted by atomic mass is 9.91. The van der Waals surface area contributed by atoms with Crippen LogP contribution in [0.25, 0.3) is 22.2 Å². The molecule has 1 aliphatic carbocycles. The number of aromatic amines is 1. The van der Waals surface area contributed by atoms with E-state index in [1.807, 2.05) is 31.2 Å². The van der Waals surface area contributed by atoms with Gasteiger partial charge in [-0.15, -0.1) is 0 Å². The highest BCUT2D eigenvalue weighted by atomic mass is 35.5. The first-order valence-corrected chi connectivity index (χ1v) is 13.5. The number of fused-ring (bicyclic) bond motifs is 1. The Labute approximate surface area is 235 Å². The monoisotopic (exact) mass is 563 g/mol. The maximum atomic E-state index is 10.1. The Morgan fingerprint density at radius 1 is 1.21 bits per heavy atom. The van der Waals surface area contributed by atoms with E-state index < -0.39 is 11.7 Å². The van der Waals surface area contributed by atoms with Gasteiger partial charge in [0.05, 0.1) is 32.3 Å². The Kier molecular flexibility index (Phi) is 6.39. The third-order valence-electron chi connectivity index (χ3n) is 7.46. The molecule has 39 heavy (non-hydrogen) atoms. The van der Waals surface area contributed by atoms with Gasteiger partial charge in [0.1, 0.15) is 29.4 Å². The number of H-pyrrole nitrogens is 1. The second-order valence-electron chi connectivity index (χ2n) is 10.8. The molecule has 2 fully saturated rings. The topological polar surface area (TPSA) is 123 Å². The van der Waals surface area contributed by atoms with E-state index in [-0.39, 0.29) is 5.54 Å². The van der Waals surface area contributed by atoms with E-state index in [0.717, 1.165) is 29.3 Å². The van der Waals surface area contributed by atoms with Crippen LogP contribution in [0.1, 0.15) is 43.9 Å². The lowest BCUT2D eigenvalue weighted by Crippen LogP contribution is -2.69. The second-order valence-corrected chi connectivity index (χ2v) is 11.6. The van der Waals surface area contributed by atoms with Crippen LogP contribution in [0.2, 0.25) is 10.0 Å². The van der Waals surface area contributed by atoms with Crippen LogP contribution in [0, 0.1) is 11.3 Å². The molecule has 1 aromatic carbocycles. The largest absolute Gasteiger partial charge is 0.486 e. The van der Waals surface area contributed by atoms with Crippen molar-refractivity contribution in [3.8, 4) is 23.1 Å². The second kappa shape index (κ2) is 9.65. The predicted molar refractivity (Wildman–Crippen MR) is 150 cm³/mol. The lowest BCUT2D eigenvalue weighted by Gasteiger charge is -2.49. The number of nitrogens with zero attached hydrogens (tertiary/aromatic N) is 5. The number of anilines is 1. The highest BCUT2D eigenvalue weighted by Gasteiger charge is 2.45. The summed E-state index contributed by atoms with van der Waals surface area (Å²) in [6.45, 7) is 6.01. The molecule has 2 aliphatic rings. The molecule has 11 heteroatoms. The first-order valence-electron chi connectivity index (χ1n) is 12.7. The summed E-state index contributed by atoms with van der Waals surface area (Å²) in [7, 11) is 0. The van der Waals surface area contributed by atoms with Crippen molar-refractivity contribution >= 4 is 39.9 Å². The molecule has 9 nitrogen and oxygen atoms in total. The maximum Gasteiger partial charge on any atom is 0.146 e. The Morgan fingerprint density at radius 2 is 1.95 bits per heavy atom. The third-order valence-corrected chi connectivity index (χ3v) is 8.06. The van der Waals surface area contributed by atoms with Crippen molar-refractivity contribution in [3.63, 3.8) is 0 Å². The summed E-state index contributed by atoms with van der Waals surface area (Å²) in [4.78, 5) is 10.7. The van der Waals surface area contributed by atoms with Gasteiger partial charge < -0.3 is 20.1 Å². The van der Waals surface area contributed by atoms with Crippen LogP contribution in [0.5, 0.6) is 5.75 Å². The molecule has 1 saturated heterocycles. The van der Waals surface area contributed by atoms with Crippen molar-refractivity contribution in [2.24, 2.45) is 0 Å². The number of nitrogens with one attached hydrogen (secondary N) is 2. The Morgan fingerprint density at radius 3 is 2.64 bits per heavy atom. The fourth-order valence-electron chi connectivity index (χ4n) is 5.04. The number of benzene rings is 1. The number of aliphatic hydroxyl groups is 1. The van der Waals surface area contributed by atoms with E-state index in [1.165, 1.54) is 0 Å².